The summed E-state index contributed by atoms with van der Waals surface area (Å²) in [6.45, 7) is 4.02. The summed E-state index contributed by atoms with van der Waals surface area (Å²) in [5, 5.41) is 5.88. The number of hydrogen-bond donors (Lipinski definition) is 2. The molecule has 1 amide bonds. The molecule has 24 heavy (non-hydrogen) atoms. The van der Waals surface area contributed by atoms with Gasteiger partial charge < -0.3 is 19.8 Å². The van der Waals surface area contributed by atoms with Gasteiger partial charge in [0.2, 0.25) is 0 Å². The van der Waals surface area contributed by atoms with Crippen molar-refractivity contribution in [1.29, 1.82) is 0 Å². The molecule has 0 aliphatic rings. The van der Waals surface area contributed by atoms with Gasteiger partial charge >= 0.3 is 5.97 Å². The van der Waals surface area contributed by atoms with Gasteiger partial charge in [-0.2, -0.15) is 0 Å². The van der Waals surface area contributed by atoms with Crippen LogP contribution in [0.3, 0.4) is 0 Å². The van der Waals surface area contributed by atoms with Crippen LogP contribution in [0.15, 0.2) is 47.1 Å². The summed E-state index contributed by atoms with van der Waals surface area (Å²) in [6.07, 6.45) is 2.41. The van der Waals surface area contributed by atoms with Crippen LogP contribution in [0.1, 0.15) is 36.4 Å². The lowest BCUT2D eigenvalue weighted by molar-refractivity contribution is -0.124. The number of carbonyl (C=O) groups excluding carboxylic acids is 2. The summed E-state index contributed by atoms with van der Waals surface area (Å²) in [5.41, 5.74) is 1.00. The zero-order valence-electron chi connectivity index (χ0n) is 13.9. The Hall–Kier alpha value is -2.76. The molecule has 6 nitrogen and oxygen atoms in total. The lowest BCUT2D eigenvalue weighted by atomic mass is 10.2. The maximum absolute atomic E-state index is 12.2. The number of amides is 1. The van der Waals surface area contributed by atoms with Crippen LogP contribution >= 0.6 is 0 Å². The molecule has 0 saturated carbocycles. The molecule has 2 aromatic rings. The summed E-state index contributed by atoms with van der Waals surface area (Å²) in [4.78, 5) is 23.9. The molecule has 0 bridgehead atoms. The highest BCUT2D eigenvalue weighted by Crippen LogP contribution is 2.17. The minimum atomic E-state index is -0.545. The fourth-order valence-corrected chi connectivity index (χ4v) is 2.04. The maximum atomic E-state index is 12.2. The van der Waals surface area contributed by atoms with Crippen LogP contribution in [0.4, 0.5) is 5.69 Å². The highest BCUT2D eigenvalue weighted by Gasteiger charge is 2.15. The number of rotatable bonds is 8. The fraction of sp³-hybridized carbons (Fsp3) is 0.333. The van der Waals surface area contributed by atoms with Crippen LogP contribution in [0.25, 0.3) is 0 Å². The van der Waals surface area contributed by atoms with E-state index in [4.69, 9.17) is 9.15 Å². The van der Waals surface area contributed by atoms with Gasteiger partial charge in [0.1, 0.15) is 5.76 Å². The van der Waals surface area contributed by atoms with Gasteiger partial charge in [-0.05, 0) is 37.6 Å². The molecule has 1 aromatic heterocycles. The number of para-hydroxylation sites is 1. The molecule has 0 aliphatic carbocycles. The van der Waals surface area contributed by atoms with Gasteiger partial charge in [0.15, 0.2) is 6.61 Å². The van der Waals surface area contributed by atoms with Crippen molar-refractivity contribution in [3.63, 3.8) is 0 Å². The fourth-order valence-electron chi connectivity index (χ4n) is 2.04. The van der Waals surface area contributed by atoms with Gasteiger partial charge in [0.25, 0.3) is 5.91 Å². The highest BCUT2D eigenvalue weighted by atomic mass is 16.5. The summed E-state index contributed by atoms with van der Waals surface area (Å²) in [6, 6.07) is 10.7. The Morgan fingerprint density at radius 1 is 1.21 bits per heavy atom. The summed E-state index contributed by atoms with van der Waals surface area (Å²) < 4.78 is 10.3. The predicted molar refractivity (Wildman–Crippen MR) is 90.7 cm³/mol. The molecule has 0 saturated heterocycles. The van der Waals surface area contributed by atoms with Crippen molar-refractivity contribution >= 4 is 17.6 Å². The number of hydrogen-bond acceptors (Lipinski definition) is 5. The van der Waals surface area contributed by atoms with E-state index in [9.17, 15) is 9.59 Å². The molecule has 0 spiro atoms. The van der Waals surface area contributed by atoms with Crippen molar-refractivity contribution in [2.45, 2.75) is 32.9 Å². The van der Waals surface area contributed by atoms with E-state index in [1.54, 1.807) is 30.5 Å². The quantitative estimate of drug-likeness (QED) is 0.727. The van der Waals surface area contributed by atoms with E-state index in [2.05, 4.69) is 10.6 Å². The Kier molecular flexibility index (Phi) is 6.42. The minimum absolute atomic E-state index is 0.0541. The van der Waals surface area contributed by atoms with E-state index in [0.29, 0.717) is 17.8 Å². The number of nitrogens with one attached hydrogen (secondary N) is 2. The normalized spacial score (nSPS) is 11.6. The zero-order valence-corrected chi connectivity index (χ0v) is 13.9. The standard InChI is InChI=1S/C18H22N2O4/c1-3-13(2)20-17(21)12-24-18(22)15-8-4-5-9-16(15)19-11-14-7-6-10-23-14/h4-10,13,19H,3,11-12H2,1-2H3,(H,20,21)/t13-/m0/s1. The van der Waals surface area contributed by atoms with Gasteiger partial charge in [0.05, 0.1) is 18.4 Å². The van der Waals surface area contributed by atoms with Gasteiger partial charge in [0, 0.05) is 11.7 Å². The Labute approximate surface area is 141 Å². The number of carbonyl (C=O) groups is 2. The van der Waals surface area contributed by atoms with Crippen molar-refractivity contribution in [3.8, 4) is 0 Å². The van der Waals surface area contributed by atoms with Crippen LogP contribution in [-0.2, 0) is 16.1 Å². The van der Waals surface area contributed by atoms with Crippen molar-refractivity contribution in [1.82, 2.24) is 5.32 Å². The average molecular weight is 330 g/mol. The van der Waals surface area contributed by atoms with E-state index in [0.717, 1.165) is 12.2 Å². The molecule has 128 valence electrons. The van der Waals surface area contributed by atoms with Gasteiger partial charge in [-0.1, -0.05) is 19.1 Å². The van der Waals surface area contributed by atoms with Gasteiger partial charge in [-0.25, -0.2) is 4.79 Å². The largest absolute Gasteiger partial charge is 0.467 e. The number of benzene rings is 1. The van der Waals surface area contributed by atoms with Crippen molar-refractivity contribution in [3.05, 3.63) is 54.0 Å². The lowest BCUT2D eigenvalue weighted by Gasteiger charge is -2.13. The summed E-state index contributed by atoms with van der Waals surface area (Å²) in [7, 11) is 0. The molecular formula is C18H22N2O4. The summed E-state index contributed by atoms with van der Waals surface area (Å²) in [5.74, 6) is -0.0957. The third-order valence-corrected chi connectivity index (χ3v) is 3.53. The number of furan rings is 1. The first kappa shape index (κ1) is 17.6. The van der Waals surface area contributed by atoms with Crippen molar-refractivity contribution in [2.75, 3.05) is 11.9 Å². The van der Waals surface area contributed by atoms with E-state index < -0.39 is 5.97 Å². The topological polar surface area (TPSA) is 80.6 Å². The second-order valence-electron chi connectivity index (χ2n) is 5.43. The lowest BCUT2D eigenvalue weighted by Crippen LogP contribution is -2.35. The molecule has 2 N–H and O–H groups in total. The van der Waals surface area contributed by atoms with Gasteiger partial charge in [-0.15, -0.1) is 0 Å². The molecule has 0 aliphatic heterocycles. The molecule has 0 radical (unpaired) electrons. The molecular weight excluding hydrogens is 308 g/mol. The average Bonchev–Trinajstić information content (AvgIpc) is 3.11. The third kappa shape index (κ3) is 5.15. The van der Waals surface area contributed by atoms with Crippen LogP contribution in [0.5, 0.6) is 0 Å². The van der Waals surface area contributed by atoms with Gasteiger partial charge in [-0.3, -0.25) is 4.79 Å². The zero-order chi connectivity index (χ0) is 17.4. The molecule has 0 unspecified atom stereocenters. The van der Waals surface area contributed by atoms with E-state index in [-0.39, 0.29) is 18.6 Å². The smallest absolute Gasteiger partial charge is 0.340 e. The monoisotopic (exact) mass is 330 g/mol. The predicted octanol–water partition coefficient (Wildman–Crippen LogP) is 2.96. The van der Waals surface area contributed by atoms with Crippen LogP contribution in [-0.4, -0.2) is 24.5 Å². The Morgan fingerprint density at radius 2 is 2.00 bits per heavy atom. The Bertz CT molecular complexity index is 667. The van der Waals surface area contributed by atoms with E-state index in [1.807, 2.05) is 26.0 Å². The van der Waals surface area contributed by atoms with Crippen molar-refractivity contribution in [2.24, 2.45) is 0 Å². The van der Waals surface area contributed by atoms with E-state index >= 15 is 0 Å². The highest BCUT2D eigenvalue weighted by molar-refractivity contribution is 5.96. The molecule has 6 heteroatoms. The SMILES string of the molecule is CC[C@H](C)NC(=O)COC(=O)c1ccccc1NCc1ccco1. The van der Waals surface area contributed by atoms with Crippen molar-refractivity contribution < 1.29 is 18.7 Å². The second-order valence-corrected chi connectivity index (χ2v) is 5.43. The number of esters is 1. The summed E-state index contributed by atoms with van der Waals surface area (Å²) >= 11 is 0. The maximum Gasteiger partial charge on any atom is 0.340 e. The Balaban J connectivity index is 1.92. The molecule has 2 rings (SSSR count). The molecule has 1 atom stereocenters. The molecule has 1 aromatic carbocycles. The third-order valence-electron chi connectivity index (χ3n) is 3.53. The van der Waals surface area contributed by atoms with Crippen LogP contribution in [0, 0.1) is 0 Å². The van der Waals surface area contributed by atoms with Crippen LogP contribution in [0.2, 0.25) is 0 Å². The first-order chi connectivity index (χ1) is 11.6. The number of anilines is 1. The first-order valence-corrected chi connectivity index (χ1v) is 7.92. The first-order valence-electron chi connectivity index (χ1n) is 7.92. The van der Waals surface area contributed by atoms with Crippen LogP contribution < -0.4 is 10.6 Å². The Morgan fingerprint density at radius 3 is 2.71 bits per heavy atom. The number of ether oxygens (including phenoxy) is 1. The molecule has 0 fully saturated rings. The molecule has 1 heterocycles. The second kappa shape index (κ2) is 8.76. The van der Waals surface area contributed by atoms with E-state index in [1.165, 1.54) is 0 Å². The minimum Gasteiger partial charge on any atom is -0.467 e.